The Hall–Kier alpha value is -3.43. The molecule has 3 rings (SSSR count). The summed E-state index contributed by atoms with van der Waals surface area (Å²) >= 11 is 0. The molecule has 0 aliphatic carbocycles. The van der Waals surface area contributed by atoms with Crippen molar-refractivity contribution in [3.8, 4) is 11.5 Å². The molecule has 0 saturated carbocycles. The van der Waals surface area contributed by atoms with Crippen LogP contribution in [-0.2, 0) is 6.18 Å². The number of nitro groups is 1. The van der Waals surface area contributed by atoms with Crippen LogP contribution in [0.25, 0.3) is 11.5 Å². The van der Waals surface area contributed by atoms with Gasteiger partial charge >= 0.3 is 6.18 Å². The van der Waals surface area contributed by atoms with Gasteiger partial charge in [0, 0.05) is 11.6 Å². The van der Waals surface area contributed by atoms with Crippen LogP contribution in [0.5, 0.6) is 0 Å². The van der Waals surface area contributed by atoms with Crippen molar-refractivity contribution in [3.05, 3.63) is 70.0 Å². The number of aromatic nitrogens is 2. The molecule has 1 aromatic heterocycles. The largest absolute Gasteiger partial charge is 0.416 e. The first-order chi connectivity index (χ1) is 12.8. The van der Waals surface area contributed by atoms with E-state index in [9.17, 15) is 23.3 Å². The maximum atomic E-state index is 12.8. The van der Waals surface area contributed by atoms with Crippen molar-refractivity contribution in [1.82, 2.24) is 10.1 Å². The summed E-state index contributed by atoms with van der Waals surface area (Å²) < 4.78 is 43.5. The highest BCUT2D eigenvalue weighted by Gasteiger charge is 2.33. The van der Waals surface area contributed by atoms with E-state index in [0.717, 1.165) is 12.1 Å². The number of halogens is 3. The molecule has 2 aromatic carbocycles. The summed E-state index contributed by atoms with van der Waals surface area (Å²) in [5.41, 5.74) is -1.17. The third-order valence-corrected chi connectivity index (χ3v) is 3.74. The van der Waals surface area contributed by atoms with Crippen LogP contribution in [0.15, 0.2) is 53.1 Å². The summed E-state index contributed by atoms with van der Waals surface area (Å²) in [6.07, 6.45) is -4.67. The normalized spacial score (nSPS) is 12.6. The van der Waals surface area contributed by atoms with Gasteiger partial charge in [-0.3, -0.25) is 10.1 Å². The quantitative estimate of drug-likeness (QED) is 0.504. The third kappa shape index (κ3) is 4.05. The van der Waals surface area contributed by atoms with E-state index in [1.165, 1.54) is 0 Å². The fourth-order valence-electron chi connectivity index (χ4n) is 2.39. The summed E-state index contributed by atoms with van der Waals surface area (Å²) in [4.78, 5) is 14.5. The van der Waals surface area contributed by atoms with Gasteiger partial charge in [0.2, 0.25) is 0 Å². The van der Waals surface area contributed by atoms with Crippen LogP contribution in [0, 0.1) is 10.1 Å². The number of nitrogens with one attached hydrogen (secondary N) is 1. The minimum atomic E-state index is -4.67. The number of anilines is 1. The highest BCUT2D eigenvalue weighted by atomic mass is 19.4. The predicted molar refractivity (Wildman–Crippen MR) is 89.9 cm³/mol. The molecule has 0 radical (unpaired) electrons. The van der Waals surface area contributed by atoms with Gasteiger partial charge in [0.25, 0.3) is 11.6 Å². The van der Waals surface area contributed by atoms with E-state index in [0.29, 0.717) is 11.6 Å². The zero-order valence-electron chi connectivity index (χ0n) is 13.9. The first-order valence-electron chi connectivity index (χ1n) is 7.77. The fraction of sp³-hybridized carbons (Fsp3) is 0.176. The topological polar surface area (TPSA) is 94.1 Å². The van der Waals surface area contributed by atoms with Gasteiger partial charge in [-0.25, -0.2) is 0 Å². The van der Waals surface area contributed by atoms with Crippen LogP contribution in [0.1, 0.15) is 24.4 Å². The molecule has 1 atom stereocenters. The second-order valence-corrected chi connectivity index (χ2v) is 5.68. The summed E-state index contributed by atoms with van der Waals surface area (Å²) in [5, 5.41) is 17.7. The minimum absolute atomic E-state index is 0.0773. The molecule has 0 aliphatic heterocycles. The maximum absolute atomic E-state index is 12.8. The lowest BCUT2D eigenvalue weighted by molar-refractivity contribution is -0.384. The van der Waals surface area contributed by atoms with Gasteiger partial charge < -0.3 is 9.84 Å². The Bertz CT molecular complexity index is 958. The Morgan fingerprint density at radius 1 is 1.19 bits per heavy atom. The molecule has 0 amide bonds. The molecule has 3 aromatic rings. The van der Waals surface area contributed by atoms with Crippen molar-refractivity contribution < 1.29 is 22.6 Å². The van der Waals surface area contributed by atoms with Crippen LogP contribution in [-0.4, -0.2) is 15.1 Å². The third-order valence-electron chi connectivity index (χ3n) is 3.74. The van der Waals surface area contributed by atoms with E-state index < -0.39 is 28.4 Å². The molecule has 27 heavy (non-hydrogen) atoms. The van der Waals surface area contributed by atoms with Crippen LogP contribution >= 0.6 is 0 Å². The van der Waals surface area contributed by atoms with Gasteiger partial charge in [-0.15, -0.1) is 0 Å². The van der Waals surface area contributed by atoms with Gasteiger partial charge in [-0.1, -0.05) is 23.4 Å². The number of rotatable bonds is 5. The maximum Gasteiger partial charge on any atom is 0.416 e. The van der Waals surface area contributed by atoms with Crippen LogP contribution in [0.4, 0.5) is 24.5 Å². The number of nitro benzene ring substituents is 1. The molecule has 1 N–H and O–H groups in total. The Labute approximate surface area is 151 Å². The van der Waals surface area contributed by atoms with Crippen molar-refractivity contribution in [2.24, 2.45) is 0 Å². The van der Waals surface area contributed by atoms with Crippen molar-refractivity contribution in [2.45, 2.75) is 19.1 Å². The summed E-state index contributed by atoms with van der Waals surface area (Å²) in [5.74, 6) is 0.476. The number of alkyl halides is 3. The van der Waals surface area contributed by atoms with Gasteiger partial charge in [-0.05, 0) is 31.2 Å². The Morgan fingerprint density at radius 3 is 2.52 bits per heavy atom. The average molecular weight is 378 g/mol. The molecular formula is C17H13F3N4O3. The highest BCUT2D eigenvalue weighted by Crippen LogP contribution is 2.36. The summed E-state index contributed by atoms with van der Waals surface area (Å²) in [6.45, 7) is 1.61. The smallest absolute Gasteiger partial charge is 0.370 e. The van der Waals surface area contributed by atoms with Crippen molar-refractivity contribution >= 4 is 11.4 Å². The summed E-state index contributed by atoms with van der Waals surface area (Å²) in [7, 11) is 0. The average Bonchev–Trinajstić information content (AvgIpc) is 3.12. The molecule has 0 bridgehead atoms. The van der Waals surface area contributed by atoms with E-state index in [-0.39, 0.29) is 17.4 Å². The Morgan fingerprint density at radius 2 is 1.89 bits per heavy atom. The number of benzene rings is 2. The lowest BCUT2D eigenvalue weighted by atomic mass is 10.1. The molecule has 1 heterocycles. The van der Waals surface area contributed by atoms with E-state index in [4.69, 9.17) is 4.52 Å². The second kappa shape index (κ2) is 7.06. The fourth-order valence-corrected chi connectivity index (χ4v) is 2.39. The zero-order valence-corrected chi connectivity index (χ0v) is 13.9. The monoisotopic (exact) mass is 378 g/mol. The predicted octanol–water partition coefficient (Wildman–Crippen LogP) is 4.84. The standard InChI is InChI=1S/C17H13F3N4O3/c1-10(15-22-16(27-23-15)11-5-3-2-4-6-11)21-13-8-7-12(17(18,19)20)9-14(13)24(25)26/h2-10,21H,1H3. The summed E-state index contributed by atoms with van der Waals surface area (Å²) in [6, 6.07) is 10.6. The second-order valence-electron chi connectivity index (χ2n) is 5.68. The highest BCUT2D eigenvalue weighted by molar-refractivity contribution is 5.63. The SMILES string of the molecule is CC(Nc1ccc(C(F)(F)F)cc1[N+](=O)[O-])c1noc(-c2ccccc2)n1. The van der Waals surface area contributed by atoms with Crippen LogP contribution < -0.4 is 5.32 Å². The van der Waals surface area contributed by atoms with E-state index in [1.807, 2.05) is 6.07 Å². The molecule has 140 valence electrons. The van der Waals surface area contributed by atoms with Gasteiger partial charge in [0.05, 0.1) is 16.5 Å². The van der Waals surface area contributed by atoms with Crippen molar-refractivity contribution in [2.75, 3.05) is 5.32 Å². The van der Waals surface area contributed by atoms with E-state index >= 15 is 0 Å². The first-order valence-corrected chi connectivity index (χ1v) is 7.77. The minimum Gasteiger partial charge on any atom is -0.370 e. The Balaban J connectivity index is 1.85. The molecule has 7 nitrogen and oxygen atoms in total. The van der Waals surface area contributed by atoms with E-state index in [2.05, 4.69) is 15.5 Å². The first kappa shape index (κ1) is 18.4. The molecule has 0 aliphatic rings. The molecule has 0 spiro atoms. The number of hydrogen-bond acceptors (Lipinski definition) is 6. The molecular weight excluding hydrogens is 365 g/mol. The molecule has 1 unspecified atom stereocenters. The van der Waals surface area contributed by atoms with Gasteiger partial charge in [0.1, 0.15) is 5.69 Å². The van der Waals surface area contributed by atoms with Crippen molar-refractivity contribution in [3.63, 3.8) is 0 Å². The lowest BCUT2D eigenvalue weighted by Gasteiger charge is -2.13. The Kier molecular flexibility index (Phi) is 4.80. The molecule has 10 heteroatoms. The van der Waals surface area contributed by atoms with Gasteiger partial charge in [0.15, 0.2) is 5.82 Å². The number of hydrogen-bond donors (Lipinski definition) is 1. The lowest BCUT2D eigenvalue weighted by Crippen LogP contribution is -2.11. The van der Waals surface area contributed by atoms with Gasteiger partial charge in [-0.2, -0.15) is 18.2 Å². The molecule has 0 fully saturated rings. The van der Waals surface area contributed by atoms with Crippen LogP contribution in [0.3, 0.4) is 0 Å². The number of nitrogens with zero attached hydrogens (tertiary/aromatic N) is 3. The zero-order chi connectivity index (χ0) is 19.6. The van der Waals surface area contributed by atoms with Crippen LogP contribution in [0.2, 0.25) is 0 Å². The van der Waals surface area contributed by atoms with Crippen molar-refractivity contribution in [1.29, 1.82) is 0 Å². The molecule has 0 saturated heterocycles. The van der Waals surface area contributed by atoms with E-state index in [1.54, 1.807) is 31.2 Å².